The number of hydrogen-bond donors (Lipinski definition) is 1. The minimum absolute atomic E-state index is 0.0754. The van der Waals surface area contributed by atoms with E-state index in [1.54, 1.807) is 6.26 Å². The SMILES string of the molecule is Cc1ccccc1CCNC(=O)COC(=O)Cc1coc2c(C)c(C)ccc12. The van der Waals surface area contributed by atoms with Crippen molar-refractivity contribution in [3.63, 3.8) is 0 Å². The van der Waals surface area contributed by atoms with Crippen molar-refractivity contribution >= 4 is 22.8 Å². The van der Waals surface area contributed by atoms with Gasteiger partial charge >= 0.3 is 5.97 Å². The Morgan fingerprint density at radius 3 is 2.57 bits per heavy atom. The Bertz CT molecular complexity index is 1000. The normalized spacial score (nSPS) is 10.8. The average molecular weight is 379 g/mol. The fourth-order valence-electron chi connectivity index (χ4n) is 3.16. The van der Waals surface area contributed by atoms with E-state index in [1.807, 2.05) is 57.2 Å². The molecule has 0 aliphatic heterocycles. The molecule has 5 heteroatoms. The molecule has 5 nitrogen and oxygen atoms in total. The van der Waals surface area contributed by atoms with E-state index in [0.29, 0.717) is 6.54 Å². The number of hydrogen-bond acceptors (Lipinski definition) is 4. The third-order valence-corrected chi connectivity index (χ3v) is 5.02. The minimum Gasteiger partial charge on any atom is -0.464 e. The van der Waals surface area contributed by atoms with E-state index in [-0.39, 0.29) is 18.9 Å². The highest BCUT2D eigenvalue weighted by molar-refractivity contribution is 5.89. The van der Waals surface area contributed by atoms with E-state index < -0.39 is 5.97 Å². The van der Waals surface area contributed by atoms with Crippen molar-refractivity contribution in [3.05, 3.63) is 70.5 Å². The van der Waals surface area contributed by atoms with Crippen LogP contribution >= 0.6 is 0 Å². The Labute approximate surface area is 164 Å². The molecule has 0 unspecified atom stereocenters. The first kappa shape index (κ1) is 19.7. The zero-order valence-corrected chi connectivity index (χ0v) is 16.5. The van der Waals surface area contributed by atoms with Gasteiger partial charge in [-0.2, -0.15) is 0 Å². The van der Waals surface area contributed by atoms with E-state index in [1.165, 1.54) is 11.1 Å². The van der Waals surface area contributed by atoms with Gasteiger partial charge in [0.1, 0.15) is 5.58 Å². The van der Waals surface area contributed by atoms with Crippen molar-refractivity contribution in [3.8, 4) is 0 Å². The summed E-state index contributed by atoms with van der Waals surface area (Å²) in [7, 11) is 0. The predicted octanol–water partition coefficient (Wildman–Crippen LogP) is 3.80. The molecule has 1 N–H and O–H groups in total. The number of esters is 1. The summed E-state index contributed by atoms with van der Waals surface area (Å²) < 4.78 is 10.7. The molecular formula is C23H25NO4. The zero-order chi connectivity index (χ0) is 20.1. The van der Waals surface area contributed by atoms with Gasteiger partial charge in [0.15, 0.2) is 6.61 Å². The van der Waals surface area contributed by atoms with Gasteiger partial charge in [0.2, 0.25) is 0 Å². The third kappa shape index (κ3) is 4.60. The molecule has 0 bridgehead atoms. The van der Waals surface area contributed by atoms with Crippen LogP contribution in [-0.4, -0.2) is 25.0 Å². The summed E-state index contributed by atoms with van der Waals surface area (Å²) in [6.45, 7) is 6.28. The molecule has 2 aromatic carbocycles. The number of rotatable bonds is 7. The summed E-state index contributed by atoms with van der Waals surface area (Å²) in [5.41, 5.74) is 6.14. The molecule has 0 fully saturated rings. The van der Waals surface area contributed by atoms with E-state index in [2.05, 4.69) is 5.32 Å². The Kier molecular flexibility index (Phi) is 6.14. The van der Waals surface area contributed by atoms with Gasteiger partial charge in [-0.15, -0.1) is 0 Å². The lowest BCUT2D eigenvalue weighted by Crippen LogP contribution is -2.30. The second-order valence-electron chi connectivity index (χ2n) is 7.01. The number of amides is 1. The van der Waals surface area contributed by atoms with Crippen LogP contribution in [0, 0.1) is 20.8 Å². The molecule has 0 aliphatic carbocycles. The molecule has 28 heavy (non-hydrogen) atoms. The maximum absolute atomic E-state index is 12.1. The van der Waals surface area contributed by atoms with Crippen LogP contribution in [0.2, 0.25) is 0 Å². The van der Waals surface area contributed by atoms with Gasteiger partial charge < -0.3 is 14.5 Å². The molecule has 1 heterocycles. The maximum Gasteiger partial charge on any atom is 0.310 e. The van der Waals surface area contributed by atoms with Gasteiger partial charge in [-0.05, 0) is 49.4 Å². The molecule has 1 amide bonds. The van der Waals surface area contributed by atoms with Crippen LogP contribution in [-0.2, 0) is 27.2 Å². The molecule has 0 saturated heterocycles. The van der Waals surface area contributed by atoms with Crippen molar-refractivity contribution in [2.75, 3.05) is 13.2 Å². The van der Waals surface area contributed by atoms with Crippen LogP contribution in [0.4, 0.5) is 0 Å². The molecular weight excluding hydrogens is 354 g/mol. The van der Waals surface area contributed by atoms with Gasteiger partial charge in [-0.1, -0.05) is 36.4 Å². The molecule has 0 radical (unpaired) electrons. The maximum atomic E-state index is 12.1. The Hall–Kier alpha value is -3.08. The third-order valence-electron chi connectivity index (χ3n) is 5.02. The van der Waals surface area contributed by atoms with Gasteiger partial charge in [0.05, 0.1) is 12.7 Å². The predicted molar refractivity (Wildman–Crippen MR) is 108 cm³/mol. The summed E-state index contributed by atoms with van der Waals surface area (Å²) in [5, 5.41) is 3.69. The lowest BCUT2D eigenvalue weighted by Gasteiger charge is -2.08. The second-order valence-corrected chi connectivity index (χ2v) is 7.01. The van der Waals surface area contributed by atoms with Crippen LogP contribution in [0.1, 0.15) is 27.8 Å². The minimum atomic E-state index is -0.449. The lowest BCUT2D eigenvalue weighted by atomic mass is 10.0. The molecule has 0 aliphatic rings. The number of benzene rings is 2. The van der Waals surface area contributed by atoms with Gasteiger partial charge in [-0.25, -0.2) is 0 Å². The van der Waals surface area contributed by atoms with Crippen molar-refractivity contribution in [1.29, 1.82) is 0 Å². The molecule has 1 aromatic heterocycles. The molecule has 3 rings (SSSR count). The smallest absolute Gasteiger partial charge is 0.310 e. The average Bonchev–Trinajstić information content (AvgIpc) is 3.08. The number of fused-ring (bicyclic) bond motifs is 1. The van der Waals surface area contributed by atoms with Crippen LogP contribution in [0.3, 0.4) is 0 Å². The van der Waals surface area contributed by atoms with E-state index >= 15 is 0 Å². The number of carbonyl (C=O) groups is 2. The topological polar surface area (TPSA) is 68.5 Å². The summed E-state index contributed by atoms with van der Waals surface area (Å²) in [6.07, 6.45) is 2.40. The van der Waals surface area contributed by atoms with Crippen LogP contribution < -0.4 is 5.32 Å². The van der Waals surface area contributed by atoms with E-state index in [4.69, 9.17) is 9.15 Å². The van der Waals surface area contributed by atoms with Crippen LogP contribution in [0.25, 0.3) is 11.0 Å². The fraction of sp³-hybridized carbons (Fsp3) is 0.304. The first-order valence-corrected chi connectivity index (χ1v) is 9.39. The highest BCUT2D eigenvalue weighted by Gasteiger charge is 2.14. The molecule has 3 aromatic rings. The van der Waals surface area contributed by atoms with E-state index in [9.17, 15) is 9.59 Å². The largest absolute Gasteiger partial charge is 0.464 e. The highest BCUT2D eigenvalue weighted by atomic mass is 16.5. The summed E-state index contributed by atoms with van der Waals surface area (Å²) >= 11 is 0. The molecule has 0 saturated carbocycles. The Morgan fingerprint density at radius 1 is 1.00 bits per heavy atom. The number of carbonyl (C=O) groups excluding carboxylic acids is 2. The summed E-state index contributed by atoms with van der Waals surface area (Å²) in [5.74, 6) is -0.750. The van der Waals surface area contributed by atoms with Crippen molar-refractivity contribution < 1.29 is 18.7 Å². The first-order chi connectivity index (χ1) is 13.5. The highest BCUT2D eigenvalue weighted by Crippen LogP contribution is 2.26. The van der Waals surface area contributed by atoms with Gasteiger partial charge in [-0.3, -0.25) is 9.59 Å². The number of furan rings is 1. The van der Waals surface area contributed by atoms with Crippen molar-refractivity contribution in [2.24, 2.45) is 0 Å². The van der Waals surface area contributed by atoms with Crippen LogP contribution in [0.5, 0.6) is 0 Å². The van der Waals surface area contributed by atoms with Gasteiger partial charge in [0.25, 0.3) is 5.91 Å². The first-order valence-electron chi connectivity index (χ1n) is 9.39. The molecule has 0 spiro atoms. The Balaban J connectivity index is 1.46. The number of nitrogens with one attached hydrogen (secondary N) is 1. The van der Waals surface area contributed by atoms with Gasteiger partial charge in [0, 0.05) is 17.5 Å². The van der Waals surface area contributed by atoms with Crippen molar-refractivity contribution in [2.45, 2.75) is 33.6 Å². The van der Waals surface area contributed by atoms with E-state index in [0.717, 1.165) is 34.1 Å². The summed E-state index contributed by atoms with van der Waals surface area (Å²) in [6, 6.07) is 12.0. The molecule has 146 valence electrons. The summed E-state index contributed by atoms with van der Waals surface area (Å²) in [4.78, 5) is 24.0. The number of aryl methyl sites for hydroxylation is 3. The van der Waals surface area contributed by atoms with Crippen LogP contribution in [0.15, 0.2) is 47.1 Å². The fourth-order valence-corrected chi connectivity index (χ4v) is 3.16. The Morgan fingerprint density at radius 2 is 1.79 bits per heavy atom. The second kappa shape index (κ2) is 8.74. The quantitative estimate of drug-likeness (QED) is 0.634. The number of ether oxygens (including phenoxy) is 1. The van der Waals surface area contributed by atoms with Crippen molar-refractivity contribution in [1.82, 2.24) is 5.32 Å². The standard InChI is InChI=1S/C23H25NO4/c1-15-8-9-20-19(13-28-23(20)17(15)3)12-22(26)27-14-21(25)24-11-10-18-7-5-4-6-16(18)2/h4-9,13H,10-12,14H2,1-3H3,(H,24,25). The zero-order valence-electron chi connectivity index (χ0n) is 16.5. The lowest BCUT2D eigenvalue weighted by molar-refractivity contribution is -0.147. The molecule has 0 atom stereocenters. The monoisotopic (exact) mass is 379 g/mol.